The fourth-order valence-corrected chi connectivity index (χ4v) is 2.53. The molecule has 0 bridgehead atoms. The Labute approximate surface area is 193 Å². The number of hydrogen-bond acceptors (Lipinski definition) is 4. The average Bonchev–Trinajstić information content (AvgIpc) is 2.61. The Kier molecular flexibility index (Phi) is 11.7. The van der Waals surface area contributed by atoms with Gasteiger partial charge in [0.1, 0.15) is 5.60 Å². The number of pyridine rings is 1. The highest BCUT2D eigenvalue weighted by Crippen LogP contribution is 2.27. The molecule has 1 aromatic rings. The number of piperazine rings is 1. The Morgan fingerprint density at radius 2 is 1.53 bits per heavy atom. The van der Waals surface area contributed by atoms with Crippen molar-refractivity contribution in [1.82, 2.24) is 9.88 Å². The summed E-state index contributed by atoms with van der Waals surface area (Å²) in [5.41, 5.74) is 0.675. The van der Waals surface area contributed by atoms with Crippen LogP contribution in [0.5, 0.6) is 0 Å². The Hall–Kier alpha value is -1.04. The summed E-state index contributed by atoms with van der Waals surface area (Å²) in [5.74, 6) is -3.92. The van der Waals surface area contributed by atoms with Crippen LogP contribution in [0.15, 0.2) is 18.5 Å². The molecule has 1 saturated heterocycles. The van der Waals surface area contributed by atoms with Gasteiger partial charge >= 0.3 is 11.9 Å². The Bertz CT molecular complexity index is 642. The van der Waals surface area contributed by atoms with Gasteiger partial charge in [-0.2, -0.15) is 13.2 Å². The van der Waals surface area contributed by atoms with Crippen molar-refractivity contribution in [3.05, 3.63) is 22.0 Å². The third kappa shape index (κ3) is 10.8. The SMILES string of the molecule is CC.CC(C)(C)OC(=O)N1CCN(c2cncc(I)c2)CC1.C[Si](C)(C)C(F)(F)F. The lowest BCUT2D eigenvalue weighted by Crippen LogP contribution is -2.50. The standard InChI is InChI=1S/C14H20IN3O2.C4H9F3Si.C2H6/c1-14(2,3)20-13(19)18-6-4-17(5-7-18)12-8-11(15)9-16-10-12;1-8(2,3)4(5,6)7;1-2/h8-10H,4-7H2,1-3H3;1-3H3;1-2H3. The molecular weight excluding hydrogens is 526 g/mol. The molecule has 1 fully saturated rings. The zero-order chi connectivity index (χ0) is 23.8. The second kappa shape index (κ2) is 12.1. The molecule has 0 aromatic carbocycles. The fourth-order valence-electron chi connectivity index (χ4n) is 2.05. The zero-order valence-corrected chi connectivity index (χ0v) is 22.4. The van der Waals surface area contributed by atoms with Crippen LogP contribution in [-0.2, 0) is 4.74 Å². The van der Waals surface area contributed by atoms with Crippen LogP contribution in [0.3, 0.4) is 0 Å². The van der Waals surface area contributed by atoms with Gasteiger partial charge in [-0.15, -0.1) is 0 Å². The number of carbonyl (C=O) groups is 1. The molecule has 1 amide bonds. The minimum Gasteiger partial charge on any atom is -0.444 e. The molecule has 174 valence electrons. The van der Waals surface area contributed by atoms with Crippen LogP contribution in [-0.4, -0.2) is 61.6 Å². The Balaban J connectivity index is 0.000000712. The lowest BCUT2D eigenvalue weighted by Gasteiger charge is -2.36. The minimum absolute atomic E-state index is 0.224. The van der Waals surface area contributed by atoms with Gasteiger partial charge < -0.3 is 14.5 Å². The van der Waals surface area contributed by atoms with E-state index in [1.165, 1.54) is 19.6 Å². The van der Waals surface area contributed by atoms with E-state index in [0.717, 1.165) is 22.3 Å². The molecule has 0 unspecified atom stereocenters. The molecular formula is C20H35F3IN3O2Si. The molecule has 1 aromatic heterocycles. The van der Waals surface area contributed by atoms with E-state index in [0.29, 0.717) is 13.1 Å². The number of hydrogen-bond donors (Lipinski definition) is 0. The molecule has 1 aliphatic heterocycles. The van der Waals surface area contributed by atoms with Crippen LogP contribution in [0.1, 0.15) is 34.6 Å². The number of nitrogens with zero attached hydrogens (tertiary/aromatic N) is 3. The highest BCUT2D eigenvalue weighted by molar-refractivity contribution is 14.1. The average molecular weight is 562 g/mol. The van der Waals surface area contributed by atoms with Crippen molar-refractivity contribution in [2.24, 2.45) is 0 Å². The zero-order valence-electron chi connectivity index (χ0n) is 19.2. The fraction of sp³-hybridized carbons (Fsp3) is 0.700. The van der Waals surface area contributed by atoms with Gasteiger partial charge in [0.15, 0.2) is 8.07 Å². The molecule has 2 rings (SSSR count). The van der Waals surface area contributed by atoms with Gasteiger partial charge in [-0.1, -0.05) is 33.5 Å². The highest BCUT2D eigenvalue weighted by atomic mass is 127. The van der Waals surface area contributed by atoms with Crippen LogP contribution in [0, 0.1) is 3.57 Å². The van der Waals surface area contributed by atoms with E-state index in [4.69, 9.17) is 4.74 Å². The predicted octanol–water partition coefficient (Wildman–Crippen LogP) is 6.20. The first-order valence-corrected chi connectivity index (χ1v) is 14.6. The van der Waals surface area contributed by atoms with Crippen LogP contribution in [0.25, 0.3) is 0 Å². The van der Waals surface area contributed by atoms with Crippen molar-refractivity contribution in [2.45, 2.75) is 65.7 Å². The summed E-state index contributed by atoms with van der Waals surface area (Å²) < 4.78 is 41.4. The van der Waals surface area contributed by atoms with Gasteiger partial charge in [0.05, 0.1) is 11.9 Å². The van der Waals surface area contributed by atoms with Gasteiger partial charge in [-0.25, -0.2) is 4.79 Å². The molecule has 0 spiro atoms. The smallest absolute Gasteiger partial charge is 0.410 e. The maximum absolute atomic E-state index is 12.0. The van der Waals surface area contributed by atoms with Crippen molar-refractivity contribution in [3.63, 3.8) is 0 Å². The Morgan fingerprint density at radius 1 is 1.07 bits per heavy atom. The lowest BCUT2D eigenvalue weighted by molar-refractivity contribution is -0.0552. The molecule has 5 nitrogen and oxygen atoms in total. The van der Waals surface area contributed by atoms with E-state index in [2.05, 4.69) is 38.5 Å². The first kappa shape index (κ1) is 29.0. The number of ether oxygens (including phenoxy) is 1. The molecule has 0 atom stereocenters. The number of carbonyl (C=O) groups excluding carboxylic acids is 1. The molecule has 0 saturated carbocycles. The normalized spacial score (nSPS) is 14.8. The van der Waals surface area contributed by atoms with Gasteiger partial charge in [0, 0.05) is 35.9 Å². The van der Waals surface area contributed by atoms with E-state index < -0.39 is 19.5 Å². The van der Waals surface area contributed by atoms with Crippen molar-refractivity contribution in [3.8, 4) is 0 Å². The summed E-state index contributed by atoms with van der Waals surface area (Å²) in [6, 6.07) is 2.11. The van der Waals surface area contributed by atoms with Gasteiger partial charge in [0.25, 0.3) is 0 Å². The maximum atomic E-state index is 12.0. The van der Waals surface area contributed by atoms with Crippen molar-refractivity contribution in [1.29, 1.82) is 0 Å². The van der Waals surface area contributed by atoms with Crippen LogP contribution in [0.4, 0.5) is 23.7 Å². The third-order valence-corrected chi connectivity index (χ3v) is 6.13. The summed E-state index contributed by atoms with van der Waals surface area (Å²) >= 11 is 2.26. The number of anilines is 1. The van der Waals surface area contributed by atoms with Crippen molar-refractivity contribution >= 4 is 42.4 Å². The van der Waals surface area contributed by atoms with Gasteiger partial charge in [-0.3, -0.25) is 4.98 Å². The minimum atomic E-state index is -3.92. The van der Waals surface area contributed by atoms with E-state index in [1.807, 2.05) is 47.0 Å². The molecule has 2 heterocycles. The second-order valence-electron chi connectivity index (χ2n) is 8.56. The van der Waals surface area contributed by atoms with E-state index in [1.54, 1.807) is 4.90 Å². The first-order valence-electron chi connectivity index (χ1n) is 10.0. The number of alkyl halides is 3. The molecule has 1 aliphatic rings. The largest absolute Gasteiger partial charge is 0.444 e. The summed E-state index contributed by atoms with van der Waals surface area (Å²) in [4.78, 5) is 20.2. The van der Waals surface area contributed by atoms with Crippen LogP contribution >= 0.6 is 22.6 Å². The molecule has 0 aliphatic carbocycles. The lowest BCUT2D eigenvalue weighted by atomic mass is 10.2. The third-order valence-electron chi connectivity index (χ3n) is 3.84. The van der Waals surface area contributed by atoms with Crippen molar-refractivity contribution in [2.75, 3.05) is 31.1 Å². The van der Waals surface area contributed by atoms with E-state index >= 15 is 0 Å². The Morgan fingerprint density at radius 3 is 1.90 bits per heavy atom. The number of amides is 1. The summed E-state index contributed by atoms with van der Waals surface area (Å²) in [7, 11) is -2.86. The first-order chi connectivity index (χ1) is 13.6. The molecule has 0 N–H and O–H groups in total. The van der Waals surface area contributed by atoms with E-state index in [-0.39, 0.29) is 6.09 Å². The topological polar surface area (TPSA) is 45.7 Å². The molecule has 30 heavy (non-hydrogen) atoms. The predicted molar refractivity (Wildman–Crippen MR) is 128 cm³/mol. The van der Waals surface area contributed by atoms with Crippen LogP contribution in [0.2, 0.25) is 19.6 Å². The molecule has 0 radical (unpaired) electrons. The monoisotopic (exact) mass is 561 g/mol. The van der Waals surface area contributed by atoms with Gasteiger partial charge in [-0.05, 0) is 49.4 Å². The number of halogens is 4. The quantitative estimate of drug-likeness (QED) is 0.303. The molecule has 10 heteroatoms. The number of aromatic nitrogens is 1. The second-order valence-corrected chi connectivity index (χ2v) is 14.9. The van der Waals surface area contributed by atoms with E-state index in [9.17, 15) is 18.0 Å². The number of rotatable bonds is 1. The van der Waals surface area contributed by atoms with Crippen LogP contribution < -0.4 is 4.90 Å². The summed E-state index contributed by atoms with van der Waals surface area (Å²) in [6.45, 7) is 16.5. The van der Waals surface area contributed by atoms with Crippen molar-refractivity contribution < 1.29 is 22.7 Å². The summed E-state index contributed by atoms with van der Waals surface area (Å²) in [5, 5.41) is 0. The summed E-state index contributed by atoms with van der Waals surface area (Å²) in [6.07, 6.45) is 3.48. The maximum Gasteiger partial charge on any atom is 0.410 e. The highest BCUT2D eigenvalue weighted by Gasteiger charge is 2.44. The van der Waals surface area contributed by atoms with Gasteiger partial charge in [0.2, 0.25) is 0 Å².